The molecule has 3 N–H and O–H groups in total. The summed E-state index contributed by atoms with van der Waals surface area (Å²) in [5.74, 6) is 0.660. The minimum Gasteiger partial charge on any atom is -0.495 e. The van der Waals surface area contributed by atoms with Crippen molar-refractivity contribution in [3.8, 4) is 11.5 Å². The van der Waals surface area contributed by atoms with Gasteiger partial charge in [0.25, 0.3) is 0 Å². The zero-order valence-corrected chi connectivity index (χ0v) is 15.9. The van der Waals surface area contributed by atoms with Crippen molar-refractivity contribution < 1.29 is 19.1 Å². The van der Waals surface area contributed by atoms with Crippen LogP contribution in [0.3, 0.4) is 0 Å². The molecule has 2 rings (SSSR count). The second kappa shape index (κ2) is 10.1. The summed E-state index contributed by atoms with van der Waals surface area (Å²) >= 11 is 6.08. The molecule has 1 aromatic carbocycles. The number of ether oxygens (including phenoxy) is 2. The predicted octanol–water partition coefficient (Wildman–Crippen LogP) is 3.32. The van der Waals surface area contributed by atoms with Gasteiger partial charge in [0.1, 0.15) is 11.5 Å². The van der Waals surface area contributed by atoms with E-state index in [1.807, 2.05) is 0 Å². The minimum absolute atomic E-state index is 0.144. The number of benzene rings is 1. The molecule has 26 heavy (non-hydrogen) atoms. The lowest BCUT2D eigenvalue weighted by Crippen LogP contribution is -2.43. The van der Waals surface area contributed by atoms with Crippen LogP contribution >= 0.6 is 11.6 Å². The second-order valence-corrected chi connectivity index (χ2v) is 6.63. The Kier molecular flexibility index (Phi) is 7.84. The van der Waals surface area contributed by atoms with Gasteiger partial charge in [-0.25, -0.2) is 4.79 Å². The van der Waals surface area contributed by atoms with Gasteiger partial charge in [-0.1, -0.05) is 30.9 Å². The largest absolute Gasteiger partial charge is 0.495 e. The molecule has 0 atom stereocenters. The number of anilines is 1. The molecule has 0 aliphatic heterocycles. The van der Waals surface area contributed by atoms with Gasteiger partial charge in [-0.3, -0.25) is 4.79 Å². The Morgan fingerprint density at radius 3 is 2.46 bits per heavy atom. The fourth-order valence-corrected chi connectivity index (χ4v) is 3.18. The normalized spacial score (nSPS) is 14.4. The third kappa shape index (κ3) is 5.98. The molecule has 3 amide bonds. The summed E-state index contributed by atoms with van der Waals surface area (Å²) in [6.07, 6.45) is 5.72. The van der Waals surface area contributed by atoms with Crippen LogP contribution in [-0.4, -0.2) is 38.7 Å². The van der Waals surface area contributed by atoms with Crippen LogP contribution in [0, 0.1) is 0 Å². The van der Waals surface area contributed by atoms with Crippen molar-refractivity contribution in [2.24, 2.45) is 0 Å². The summed E-state index contributed by atoms with van der Waals surface area (Å²) in [7, 11) is 3.00. The molecule has 144 valence electrons. The summed E-state index contributed by atoms with van der Waals surface area (Å²) in [5, 5.41) is 8.77. The third-order valence-corrected chi connectivity index (χ3v) is 4.62. The highest BCUT2D eigenvalue weighted by molar-refractivity contribution is 6.32. The van der Waals surface area contributed by atoms with Gasteiger partial charge >= 0.3 is 6.03 Å². The Morgan fingerprint density at radius 1 is 1.12 bits per heavy atom. The zero-order chi connectivity index (χ0) is 18.9. The van der Waals surface area contributed by atoms with E-state index in [0.29, 0.717) is 22.2 Å². The molecule has 0 radical (unpaired) electrons. The Morgan fingerprint density at radius 2 is 1.81 bits per heavy atom. The number of amides is 3. The summed E-state index contributed by atoms with van der Waals surface area (Å²) in [6, 6.07) is 3.19. The number of hydrogen-bond acceptors (Lipinski definition) is 4. The summed E-state index contributed by atoms with van der Waals surface area (Å²) in [5.41, 5.74) is 0.454. The van der Waals surface area contributed by atoms with Crippen molar-refractivity contribution in [1.82, 2.24) is 10.6 Å². The molecular formula is C18H26ClN3O4. The number of nitrogens with one attached hydrogen (secondary N) is 3. The van der Waals surface area contributed by atoms with Gasteiger partial charge in [0.15, 0.2) is 0 Å². The van der Waals surface area contributed by atoms with Gasteiger partial charge in [0.05, 0.1) is 24.9 Å². The molecule has 1 aromatic rings. The molecule has 0 heterocycles. The van der Waals surface area contributed by atoms with E-state index in [1.165, 1.54) is 20.6 Å². The van der Waals surface area contributed by atoms with E-state index in [4.69, 9.17) is 21.1 Å². The quantitative estimate of drug-likeness (QED) is 0.673. The molecule has 0 aromatic heterocycles. The zero-order valence-electron chi connectivity index (χ0n) is 15.2. The van der Waals surface area contributed by atoms with E-state index >= 15 is 0 Å². The topological polar surface area (TPSA) is 88.7 Å². The lowest BCUT2D eigenvalue weighted by molar-refractivity contribution is -0.116. The fourth-order valence-electron chi connectivity index (χ4n) is 2.94. The first kappa shape index (κ1) is 20.2. The molecule has 7 nitrogen and oxygen atoms in total. The Bertz CT molecular complexity index is 633. The summed E-state index contributed by atoms with van der Waals surface area (Å²) in [4.78, 5) is 24.0. The van der Waals surface area contributed by atoms with Crippen molar-refractivity contribution in [2.75, 3.05) is 26.1 Å². The molecule has 1 aliphatic rings. The Hall–Kier alpha value is -2.15. The Labute approximate surface area is 158 Å². The fraction of sp³-hybridized carbons (Fsp3) is 0.556. The van der Waals surface area contributed by atoms with Crippen LogP contribution in [0.2, 0.25) is 5.02 Å². The van der Waals surface area contributed by atoms with Crippen molar-refractivity contribution in [3.05, 3.63) is 17.2 Å². The maximum Gasteiger partial charge on any atom is 0.315 e. The third-order valence-electron chi connectivity index (χ3n) is 4.33. The Balaban J connectivity index is 1.78. The number of carbonyl (C=O) groups is 2. The molecule has 8 heteroatoms. The molecule has 1 fully saturated rings. The molecule has 1 aliphatic carbocycles. The number of rotatable bonds is 7. The highest BCUT2D eigenvalue weighted by Crippen LogP contribution is 2.35. The highest BCUT2D eigenvalue weighted by atomic mass is 35.5. The number of halogens is 1. The lowest BCUT2D eigenvalue weighted by atomic mass is 9.96. The maximum absolute atomic E-state index is 12.1. The molecule has 0 saturated heterocycles. The van der Waals surface area contributed by atoms with Crippen LogP contribution < -0.4 is 25.4 Å². The van der Waals surface area contributed by atoms with Crippen LogP contribution in [0.25, 0.3) is 0 Å². The van der Waals surface area contributed by atoms with E-state index in [0.717, 1.165) is 25.7 Å². The van der Waals surface area contributed by atoms with Crippen LogP contribution in [0.1, 0.15) is 38.5 Å². The first-order valence-electron chi connectivity index (χ1n) is 8.79. The molecule has 1 saturated carbocycles. The predicted molar refractivity (Wildman–Crippen MR) is 101 cm³/mol. The average molecular weight is 384 g/mol. The first-order chi connectivity index (χ1) is 12.5. The summed E-state index contributed by atoms with van der Waals surface area (Å²) < 4.78 is 10.4. The van der Waals surface area contributed by atoms with Crippen LogP contribution in [0.5, 0.6) is 11.5 Å². The number of hydrogen-bond donors (Lipinski definition) is 3. The standard InChI is InChI=1S/C18H26ClN3O4/c1-25-15-11-16(26-2)14(10-13(15)19)22-17(23)8-9-20-18(24)21-12-6-4-3-5-7-12/h10-12H,3-9H2,1-2H3,(H,22,23)(H2,20,21,24). The van der Waals surface area contributed by atoms with E-state index in [1.54, 1.807) is 12.1 Å². The first-order valence-corrected chi connectivity index (χ1v) is 9.17. The van der Waals surface area contributed by atoms with Crippen molar-refractivity contribution in [3.63, 3.8) is 0 Å². The monoisotopic (exact) mass is 383 g/mol. The SMILES string of the molecule is COc1cc(OC)c(NC(=O)CCNC(=O)NC2CCCCC2)cc1Cl. The van der Waals surface area contributed by atoms with Crippen LogP contribution in [0.15, 0.2) is 12.1 Å². The van der Waals surface area contributed by atoms with E-state index in [2.05, 4.69) is 16.0 Å². The van der Waals surface area contributed by atoms with Crippen LogP contribution in [-0.2, 0) is 4.79 Å². The maximum atomic E-state index is 12.1. The molecule has 0 spiro atoms. The average Bonchev–Trinajstić information content (AvgIpc) is 2.62. The van der Waals surface area contributed by atoms with Crippen molar-refractivity contribution in [2.45, 2.75) is 44.6 Å². The molecular weight excluding hydrogens is 358 g/mol. The van der Waals surface area contributed by atoms with Crippen molar-refractivity contribution >= 4 is 29.2 Å². The van der Waals surface area contributed by atoms with Crippen molar-refractivity contribution in [1.29, 1.82) is 0 Å². The van der Waals surface area contributed by atoms with Crippen LogP contribution in [0.4, 0.5) is 10.5 Å². The smallest absolute Gasteiger partial charge is 0.315 e. The summed E-state index contributed by atoms with van der Waals surface area (Å²) in [6.45, 7) is 0.247. The van der Waals surface area contributed by atoms with Gasteiger partial charge < -0.3 is 25.4 Å². The minimum atomic E-state index is -0.248. The number of urea groups is 1. The number of methoxy groups -OCH3 is 2. The van der Waals surface area contributed by atoms with Gasteiger partial charge in [-0.05, 0) is 18.9 Å². The van der Waals surface area contributed by atoms with E-state index in [9.17, 15) is 9.59 Å². The van der Waals surface area contributed by atoms with E-state index in [-0.39, 0.29) is 30.9 Å². The van der Waals surface area contributed by atoms with E-state index < -0.39 is 0 Å². The second-order valence-electron chi connectivity index (χ2n) is 6.22. The highest BCUT2D eigenvalue weighted by Gasteiger charge is 2.16. The molecule has 0 unspecified atom stereocenters. The van der Waals surface area contributed by atoms with Gasteiger partial charge in [0.2, 0.25) is 5.91 Å². The number of carbonyl (C=O) groups excluding carboxylic acids is 2. The van der Waals surface area contributed by atoms with Gasteiger partial charge in [-0.2, -0.15) is 0 Å². The lowest BCUT2D eigenvalue weighted by Gasteiger charge is -2.22. The van der Waals surface area contributed by atoms with Gasteiger partial charge in [-0.15, -0.1) is 0 Å². The van der Waals surface area contributed by atoms with Gasteiger partial charge in [0, 0.05) is 25.1 Å². The molecule has 0 bridgehead atoms.